The van der Waals surface area contributed by atoms with Crippen LogP contribution in [0.5, 0.6) is 0 Å². The normalized spacial score (nSPS) is 17.8. The molecule has 4 nitrogen and oxygen atoms in total. The highest BCUT2D eigenvalue weighted by atomic mass is 16.2. The Hall–Kier alpha value is -4.18. The second-order valence-electron chi connectivity index (χ2n) is 11.1. The lowest BCUT2D eigenvalue weighted by molar-refractivity contribution is -0.145. The number of hydrogen-bond donors (Lipinski definition) is 2. The molecule has 4 heteroatoms. The van der Waals surface area contributed by atoms with Crippen LogP contribution in [0.4, 0.5) is 0 Å². The van der Waals surface area contributed by atoms with E-state index in [-0.39, 0.29) is 41.1 Å². The van der Waals surface area contributed by atoms with E-state index in [2.05, 4.69) is 24.5 Å². The molecular formula is C35H36N2O2. The summed E-state index contributed by atoms with van der Waals surface area (Å²) in [5, 5.41) is 6.58. The number of hydrogen-bond acceptors (Lipinski definition) is 2. The Kier molecular flexibility index (Phi) is 7.92. The fraction of sp³-hybridized carbons (Fsp3) is 0.257. The van der Waals surface area contributed by atoms with Crippen molar-refractivity contribution >= 4 is 11.8 Å². The molecule has 0 unspecified atom stereocenters. The molecule has 1 saturated carbocycles. The van der Waals surface area contributed by atoms with Crippen molar-refractivity contribution in [3.05, 3.63) is 144 Å². The van der Waals surface area contributed by atoms with Crippen LogP contribution in [0.2, 0.25) is 0 Å². The van der Waals surface area contributed by atoms with Gasteiger partial charge < -0.3 is 10.6 Å². The first-order valence-corrected chi connectivity index (χ1v) is 13.7. The number of carbonyl (C=O) groups is 2. The van der Waals surface area contributed by atoms with Crippen molar-refractivity contribution in [1.82, 2.24) is 10.6 Å². The Bertz CT molecular complexity index is 1290. The fourth-order valence-corrected chi connectivity index (χ4v) is 5.79. The molecular weight excluding hydrogens is 480 g/mol. The summed E-state index contributed by atoms with van der Waals surface area (Å²) in [5.74, 6) is 0.0357. The molecule has 1 aliphatic rings. The van der Waals surface area contributed by atoms with Crippen LogP contribution in [0, 0.1) is 17.3 Å². The zero-order valence-electron chi connectivity index (χ0n) is 22.6. The first kappa shape index (κ1) is 26.4. The van der Waals surface area contributed by atoms with E-state index in [1.807, 2.05) is 121 Å². The Morgan fingerprint density at radius 2 is 1.00 bits per heavy atom. The van der Waals surface area contributed by atoms with E-state index in [4.69, 9.17) is 0 Å². The summed E-state index contributed by atoms with van der Waals surface area (Å²) < 4.78 is 0. The Morgan fingerprint density at radius 3 is 1.36 bits per heavy atom. The third-order valence-corrected chi connectivity index (χ3v) is 8.34. The van der Waals surface area contributed by atoms with Crippen LogP contribution < -0.4 is 10.6 Å². The second-order valence-corrected chi connectivity index (χ2v) is 11.1. The molecule has 2 N–H and O–H groups in total. The van der Waals surface area contributed by atoms with E-state index in [9.17, 15) is 9.59 Å². The highest BCUT2D eigenvalue weighted by molar-refractivity contribution is 5.83. The lowest BCUT2D eigenvalue weighted by Crippen LogP contribution is -2.54. The highest BCUT2D eigenvalue weighted by Crippen LogP contribution is 2.53. The quantitative estimate of drug-likeness (QED) is 0.256. The second kappa shape index (κ2) is 11.7. The molecule has 0 radical (unpaired) electrons. The maximum atomic E-state index is 13.6. The highest BCUT2D eigenvalue weighted by Gasteiger charge is 2.52. The van der Waals surface area contributed by atoms with Gasteiger partial charge in [-0.1, -0.05) is 135 Å². The average Bonchev–Trinajstić information content (AvgIpc) is 2.98. The third-order valence-electron chi connectivity index (χ3n) is 8.34. The van der Waals surface area contributed by atoms with E-state index in [0.717, 1.165) is 22.3 Å². The molecule has 5 rings (SSSR count). The summed E-state index contributed by atoms with van der Waals surface area (Å²) in [4.78, 5) is 26.9. The van der Waals surface area contributed by atoms with Gasteiger partial charge in [-0.15, -0.1) is 0 Å². The van der Waals surface area contributed by atoms with Gasteiger partial charge in [0.2, 0.25) is 11.8 Å². The van der Waals surface area contributed by atoms with Gasteiger partial charge in [0, 0.05) is 12.3 Å². The number of nitrogens with one attached hydrogen (secondary N) is 2. The number of benzene rings is 4. The van der Waals surface area contributed by atoms with Crippen molar-refractivity contribution in [2.24, 2.45) is 17.3 Å². The maximum Gasteiger partial charge on any atom is 0.224 e. The van der Waals surface area contributed by atoms with E-state index in [0.29, 0.717) is 12.8 Å². The predicted molar refractivity (Wildman–Crippen MR) is 156 cm³/mol. The summed E-state index contributed by atoms with van der Waals surface area (Å²) in [5.41, 5.74) is 3.93. The Balaban J connectivity index is 1.25. The minimum Gasteiger partial charge on any atom is -0.345 e. The molecule has 2 atom stereocenters. The maximum absolute atomic E-state index is 13.6. The lowest BCUT2D eigenvalue weighted by Gasteiger charge is -2.51. The van der Waals surface area contributed by atoms with Crippen molar-refractivity contribution in [2.75, 3.05) is 0 Å². The van der Waals surface area contributed by atoms with Crippen molar-refractivity contribution in [1.29, 1.82) is 0 Å². The first-order valence-electron chi connectivity index (χ1n) is 13.7. The molecule has 0 saturated heterocycles. The van der Waals surface area contributed by atoms with Gasteiger partial charge in [0.25, 0.3) is 0 Å². The number of carbonyl (C=O) groups excluding carboxylic acids is 2. The van der Waals surface area contributed by atoms with Gasteiger partial charge in [0.05, 0.1) is 12.1 Å². The molecule has 1 aliphatic carbocycles. The zero-order chi connectivity index (χ0) is 27.2. The standard InChI is InChI=1S/C35H36N2O2/c1-35(2)29(24-31(38)36-32(25-15-7-3-8-16-25)26-17-9-4-10-18-26)23-30(35)34(39)37-33(27-19-11-5-12-20-27)28-21-13-6-14-22-28/h3-22,29-30,32-33H,23-24H2,1-2H3,(H,36,38)(H,37,39)/t29-,30+/m1/s1. The predicted octanol–water partition coefficient (Wildman–Crippen LogP) is 6.85. The van der Waals surface area contributed by atoms with Gasteiger partial charge in [-0.3, -0.25) is 9.59 Å². The van der Waals surface area contributed by atoms with E-state index in [1.54, 1.807) is 0 Å². The van der Waals surface area contributed by atoms with Gasteiger partial charge >= 0.3 is 0 Å². The third kappa shape index (κ3) is 5.96. The van der Waals surface area contributed by atoms with Crippen molar-refractivity contribution in [3.8, 4) is 0 Å². The summed E-state index contributed by atoms with van der Waals surface area (Å²) in [6.07, 6.45) is 1.09. The largest absolute Gasteiger partial charge is 0.345 e. The molecule has 2 amide bonds. The van der Waals surface area contributed by atoms with E-state index >= 15 is 0 Å². The van der Waals surface area contributed by atoms with Gasteiger partial charge in [-0.25, -0.2) is 0 Å². The van der Waals surface area contributed by atoms with Crippen LogP contribution in [0.25, 0.3) is 0 Å². The molecule has 39 heavy (non-hydrogen) atoms. The molecule has 0 bridgehead atoms. The molecule has 0 aliphatic heterocycles. The fourth-order valence-electron chi connectivity index (χ4n) is 5.79. The van der Waals surface area contributed by atoms with Crippen LogP contribution in [-0.4, -0.2) is 11.8 Å². The molecule has 0 spiro atoms. The average molecular weight is 517 g/mol. The molecule has 4 aromatic carbocycles. The SMILES string of the molecule is CC1(C)[C@@H](CC(=O)NC(c2ccccc2)c2ccccc2)C[C@H]1C(=O)NC(c1ccccc1)c1ccccc1. The summed E-state index contributed by atoms with van der Waals surface area (Å²) in [7, 11) is 0. The summed E-state index contributed by atoms with van der Waals surface area (Å²) in [6, 6.07) is 39.8. The van der Waals surface area contributed by atoms with Crippen LogP contribution in [-0.2, 0) is 9.59 Å². The molecule has 4 aromatic rings. The van der Waals surface area contributed by atoms with Gasteiger partial charge in [-0.2, -0.15) is 0 Å². The number of amides is 2. The molecule has 0 aromatic heterocycles. The minimum atomic E-state index is -0.283. The summed E-state index contributed by atoms with van der Waals surface area (Å²) >= 11 is 0. The van der Waals surface area contributed by atoms with Crippen LogP contribution >= 0.6 is 0 Å². The topological polar surface area (TPSA) is 58.2 Å². The Labute approximate surface area is 231 Å². The van der Waals surface area contributed by atoms with Crippen LogP contribution in [0.3, 0.4) is 0 Å². The molecule has 0 heterocycles. The van der Waals surface area contributed by atoms with E-state index in [1.165, 1.54) is 0 Å². The van der Waals surface area contributed by atoms with Gasteiger partial charge in [0.1, 0.15) is 0 Å². The molecule has 1 fully saturated rings. The Morgan fingerprint density at radius 1 is 0.641 bits per heavy atom. The van der Waals surface area contributed by atoms with E-state index < -0.39 is 0 Å². The zero-order valence-corrected chi connectivity index (χ0v) is 22.6. The monoisotopic (exact) mass is 516 g/mol. The van der Waals surface area contributed by atoms with Crippen molar-refractivity contribution in [3.63, 3.8) is 0 Å². The number of rotatable bonds is 9. The van der Waals surface area contributed by atoms with Gasteiger partial charge in [0.15, 0.2) is 0 Å². The smallest absolute Gasteiger partial charge is 0.224 e. The lowest BCUT2D eigenvalue weighted by atomic mass is 9.53. The molecule has 198 valence electrons. The van der Waals surface area contributed by atoms with Crippen molar-refractivity contribution in [2.45, 2.75) is 38.8 Å². The van der Waals surface area contributed by atoms with Crippen LogP contribution in [0.1, 0.15) is 61.0 Å². The minimum absolute atomic E-state index is 0.0103. The first-order chi connectivity index (χ1) is 18.9. The van der Waals surface area contributed by atoms with Crippen molar-refractivity contribution < 1.29 is 9.59 Å². The summed E-state index contributed by atoms with van der Waals surface area (Å²) in [6.45, 7) is 4.23. The van der Waals surface area contributed by atoms with Gasteiger partial charge in [-0.05, 0) is 40.0 Å². The van der Waals surface area contributed by atoms with Crippen LogP contribution in [0.15, 0.2) is 121 Å².